The second kappa shape index (κ2) is 8.97. The van der Waals surface area contributed by atoms with Crippen LogP contribution in [0, 0.1) is 6.92 Å². The molecule has 6 heteroatoms. The molecule has 3 aromatic carbocycles. The van der Waals surface area contributed by atoms with E-state index in [4.69, 9.17) is 0 Å². The Balaban J connectivity index is 1.62. The van der Waals surface area contributed by atoms with Crippen LogP contribution in [0.1, 0.15) is 11.1 Å². The van der Waals surface area contributed by atoms with Gasteiger partial charge in [0.15, 0.2) is 5.16 Å². The first-order valence-electron chi connectivity index (χ1n) is 9.63. The zero-order valence-electron chi connectivity index (χ0n) is 16.5. The van der Waals surface area contributed by atoms with Crippen molar-refractivity contribution in [3.63, 3.8) is 0 Å². The van der Waals surface area contributed by atoms with Gasteiger partial charge in [0.05, 0.1) is 23.2 Å². The topological polar surface area (TPSA) is 64.0 Å². The van der Waals surface area contributed by atoms with Gasteiger partial charge in [-0.1, -0.05) is 72.4 Å². The number of benzene rings is 3. The maximum Gasteiger partial charge on any atom is 0.262 e. The lowest BCUT2D eigenvalue weighted by molar-refractivity contribution is -0.113. The van der Waals surface area contributed by atoms with Crippen molar-refractivity contribution in [2.24, 2.45) is 0 Å². The smallest absolute Gasteiger partial charge is 0.262 e. The number of para-hydroxylation sites is 2. The Labute approximate surface area is 178 Å². The Morgan fingerprint density at radius 2 is 1.67 bits per heavy atom. The fourth-order valence-electron chi connectivity index (χ4n) is 3.19. The highest BCUT2D eigenvalue weighted by atomic mass is 32.2. The average molecular weight is 416 g/mol. The maximum atomic E-state index is 13.1. The standard InChI is InChI=1S/C24H21N3O2S/c1-17-9-5-7-13-20(17)25-22(28)16-30-24-26-21-14-8-6-12-19(21)23(29)27(24)15-18-10-3-2-4-11-18/h2-14H,15-16H2,1H3,(H,25,28). The second-order valence-electron chi connectivity index (χ2n) is 6.94. The fraction of sp³-hybridized carbons (Fsp3) is 0.125. The Hall–Kier alpha value is -3.38. The van der Waals surface area contributed by atoms with Gasteiger partial charge in [-0.05, 0) is 36.2 Å². The van der Waals surface area contributed by atoms with Gasteiger partial charge in [-0.25, -0.2) is 4.98 Å². The third-order valence-electron chi connectivity index (χ3n) is 4.76. The van der Waals surface area contributed by atoms with Crippen LogP contribution in [-0.4, -0.2) is 21.2 Å². The molecule has 1 heterocycles. The Bertz CT molecular complexity index is 1250. The van der Waals surface area contributed by atoms with Gasteiger partial charge in [0.25, 0.3) is 5.56 Å². The van der Waals surface area contributed by atoms with Crippen molar-refractivity contribution in [1.29, 1.82) is 0 Å². The zero-order valence-corrected chi connectivity index (χ0v) is 17.4. The van der Waals surface area contributed by atoms with Crippen LogP contribution >= 0.6 is 11.8 Å². The number of nitrogens with zero attached hydrogens (tertiary/aromatic N) is 2. The predicted octanol–water partition coefficient (Wildman–Crippen LogP) is 4.48. The molecule has 0 spiro atoms. The summed E-state index contributed by atoms with van der Waals surface area (Å²) in [5, 5.41) is 4.03. The number of amides is 1. The number of hydrogen-bond donors (Lipinski definition) is 1. The molecule has 4 aromatic rings. The molecular formula is C24H21N3O2S. The molecule has 0 atom stereocenters. The molecule has 1 aromatic heterocycles. The van der Waals surface area contributed by atoms with Gasteiger partial charge in [0, 0.05) is 5.69 Å². The number of aromatic nitrogens is 2. The van der Waals surface area contributed by atoms with Crippen LogP contribution in [-0.2, 0) is 11.3 Å². The van der Waals surface area contributed by atoms with Crippen LogP contribution in [0.25, 0.3) is 10.9 Å². The summed E-state index contributed by atoms with van der Waals surface area (Å²) >= 11 is 1.27. The Morgan fingerprint density at radius 1 is 0.967 bits per heavy atom. The van der Waals surface area contributed by atoms with Crippen molar-refractivity contribution in [2.45, 2.75) is 18.6 Å². The van der Waals surface area contributed by atoms with Crippen LogP contribution in [0.3, 0.4) is 0 Å². The summed E-state index contributed by atoms with van der Waals surface area (Å²) in [6.45, 7) is 2.35. The number of thioether (sulfide) groups is 1. The number of carbonyl (C=O) groups excluding carboxylic acids is 1. The number of anilines is 1. The first kappa shape index (κ1) is 19.9. The average Bonchev–Trinajstić information content (AvgIpc) is 2.77. The summed E-state index contributed by atoms with van der Waals surface area (Å²) in [5.74, 6) is 0.0245. The van der Waals surface area contributed by atoms with Crippen molar-refractivity contribution in [3.8, 4) is 0 Å². The van der Waals surface area contributed by atoms with Crippen LogP contribution in [0.5, 0.6) is 0 Å². The minimum absolute atomic E-state index is 0.105. The van der Waals surface area contributed by atoms with E-state index in [0.717, 1.165) is 16.8 Å². The molecule has 4 rings (SSSR count). The first-order valence-corrected chi connectivity index (χ1v) is 10.6. The van der Waals surface area contributed by atoms with Crippen molar-refractivity contribution in [2.75, 3.05) is 11.1 Å². The highest BCUT2D eigenvalue weighted by Crippen LogP contribution is 2.20. The van der Waals surface area contributed by atoms with Gasteiger partial charge in [-0.2, -0.15) is 0 Å². The molecule has 0 aliphatic rings. The maximum absolute atomic E-state index is 13.1. The normalized spacial score (nSPS) is 10.8. The molecule has 0 unspecified atom stereocenters. The van der Waals surface area contributed by atoms with Gasteiger partial charge in [0.1, 0.15) is 0 Å². The molecule has 1 N–H and O–H groups in total. The molecule has 0 bridgehead atoms. The van der Waals surface area contributed by atoms with E-state index in [1.54, 1.807) is 10.6 Å². The highest BCUT2D eigenvalue weighted by molar-refractivity contribution is 7.99. The minimum Gasteiger partial charge on any atom is -0.325 e. The predicted molar refractivity (Wildman–Crippen MR) is 122 cm³/mol. The molecule has 0 saturated carbocycles. The minimum atomic E-state index is -0.136. The first-order chi connectivity index (χ1) is 14.6. The monoisotopic (exact) mass is 415 g/mol. The van der Waals surface area contributed by atoms with E-state index >= 15 is 0 Å². The lowest BCUT2D eigenvalue weighted by Gasteiger charge is -2.13. The van der Waals surface area contributed by atoms with Gasteiger partial charge in [-0.15, -0.1) is 0 Å². The van der Waals surface area contributed by atoms with E-state index in [1.165, 1.54) is 11.8 Å². The molecule has 0 fully saturated rings. The van der Waals surface area contributed by atoms with Crippen LogP contribution in [0.2, 0.25) is 0 Å². The van der Waals surface area contributed by atoms with Gasteiger partial charge >= 0.3 is 0 Å². The van der Waals surface area contributed by atoms with Crippen LogP contribution in [0.15, 0.2) is 88.8 Å². The van der Waals surface area contributed by atoms with Crippen LogP contribution in [0.4, 0.5) is 5.69 Å². The second-order valence-corrected chi connectivity index (χ2v) is 7.88. The summed E-state index contributed by atoms with van der Waals surface area (Å²) in [5.41, 5.74) is 3.32. The van der Waals surface area contributed by atoms with Crippen molar-refractivity contribution < 1.29 is 4.79 Å². The molecule has 30 heavy (non-hydrogen) atoms. The third kappa shape index (κ3) is 4.44. The molecular weight excluding hydrogens is 394 g/mol. The zero-order chi connectivity index (χ0) is 20.9. The van der Waals surface area contributed by atoms with Gasteiger partial charge in [0.2, 0.25) is 5.91 Å². The quantitative estimate of drug-likeness (QED) is 0.372. The van der Waals surface area contributed by atoms with Gasteiger partial charge < -0.3 is 5.32 Å². The molecule has 0 saturated heterocycles. The number of hydrogen-bond acceptors (Lipinski definition) is 4. The van der Waals surface area contributed by atoms with E-state index in [9.17, 15) is 9.59 Å². The third-order valence-corrected chi connectivity index (χ3v) is 5.74. The SMILES string of the molecule is Cc1ccccc1NC(=O)CSc1nc2ccccc2c(=O)n1Cc1ccccc1. The van der Waals surface area contributed by atoms with Crippen molar-refractivity contribution in [3.05, 3.63) is 100 Å². The number of rotatable bonds is 6. The number of carbonyl (C=O) groups is 1. The number of fused-ring (bicyclic) bond motifs is 1. The summed E-state index contributed by atoms with van der Waals surface area (Å²) < 4.78 is 1.64. The van der Waals surface area contributed by atoms with Crippen LogP contribution < -0.4 is 10.9 Å². The van der Waals surface area contributed by atoms with E-state index in [2.05, 4.69) is 10.3 Å². The lowest BCUT2D eigenvalue weighted by Crippen LogP contribution is -2.25. The van der Waals surface area contributed by atoms with E-state index < -0.39 is 0 Å². The molecule has 150 valence electrons. The molecule has 1 amide bonds. The lowest BCUT2D eigenvalue weighted by atomic mass is 10.2. The molecule has 5 nitrogen and oxygen atoms in total. The number of aryl methyl sites for hydroxylation is 1. The number of nitrogens with one attached hydrogen (secondary N) is 1. The largest absolute Gasteiger partial charge is 0.325 e. The van der Waals surface area contributed by atoms with Crippen molar-refractivity contribution in [1.82, 2.24) is 9.55 Å². The van der Waals surface area contributed by atoms with E-state index in [-0.39, 0.29) is 17.2 Å². The Morgan fingerprint density at radius 3 is 2.47 bits per heavy atom. The molecule has 0 aliphatic heterocycles. The Kier molecular flexibility index (Phi) is 5.95. The van der Waals surface area contributed by atoms with E-state index in [1.807, 2.05) is 79.7 Å². The summed E-state index contributed by atoms with van der Waals surface area (Å²) in [6.07, 6.45) is 0. The summed E-state index contributed by atoms with van der Waals surface area (Å²) in [6, 6.07) is 24.7. The van der Waals surface area contributed by atoms with Gasteiger partial charge in [-0.3, -0.25) is 14.2 Å². The fourth-order valence-corrected chi connectivity index (χ4v) is 3.99. The van der Waals surface area contributed by atoms with Crippen molar-refractivity contribution >= 4 is 34.3 Å². The highest BCUT2D eigenvalue weighted by Gasteiger charge is 2.14. The van der Waals surface area contributed by atoms with E-state index in [0.29, 0.717) is 22.6 Å². The summed E-state index contributed by atoms with van der Waals surface area (Å²) in [4.78, 5) is 30.3. The summed E-state index contributed by atoms with van der Waals surface area (Å²) in [7, 11) is 0. The molecule has 0 aliphatic carbocycles. The molecule has 0 radical (unpaired) electrons.